The number of ether oxygens (including phenoxy) is 1. The first-order valence-corrected chi connectivity index (χ1v) is 9.04. The molecule has 1 aromatic carbocycles. The van der Waals surface area contributed by atoms with Gasteiger partial charge in [0, 0.05) is 32.2 Å². The van der Waals surface area contributed by atoms with Gasteiger partial charge in [0.2, 0.25) is 11.8 Å². The van der Waals surface area contributed by atoms with Gasteiger partial charge in [-0.15, -0.1) is 0 Å². The minimum Gasteiger partial charge on any atom is -0.478 e. The first kappa shape index (κ1) is 18.4. The third kappa shape index (κ3) is 4.40. The Morgan fingerprint density at radius 1 is 1.15 bits per heavy atom. The van der Waals surface area contributed by atoms with Gasteiger partial charge in [-0.25, -0.2) is 4.79 Å². The van der Waals surface area contributed by atoms with Crippen molar-refractivity contribution in [1.82, 2.24) is 10.2 Å². The molecule has 0 spiro atoms. The molecular weight excluding hydrogens is 336 g/mol. The lowest BCUT2D eigenvalue weighted by Crippen LogP contribution is -2.46. The Kier molecular flexibility index (Phi) is 5.88. The zero-order chi connectivity index (χ0) is 18.5. The summed E-state index contributed by atoms with van der Waals surface area (Å²) in [5.41, 5.74) is 1.12. The van der Waals surface area contributed by atoms with Crippen LogP contribution in [0.4, 0.5) is 0 Å². The standard InChI is InChI=1S/C19H24N2O5/c22-17(6-3-13-1-4-14(5-2-13)19(24)25)20-16-7-10-21(18(16)23)15-8-11-26-12-9-15/h1-2,4-5,15-16H,3,6-12H2,(H,20,22)(H,24,25). The van der Waals surface area contributed by atoms with E-state index in [0.29, 0.717) is 32.6 Å². The second-order valence-corrected chi connectivity index (χ2v) is 6.79. The molecular formula is C19H24N2O5. The van der Waals surface area contributed by atoms with Crippen molar-refractivity contribution < 1.29 is 24.2 Å². The Hall–Kier alpha value is -2.41. The van der Waals surface area contributed by atoms with E-state index in [1.807, 2.05) is 4.90 Å². The van der Waals surface area contributed by atoms with Crippen LogP contribution in [0, 0.1) is 0 Å². The van der Waals surface area contributed by atoms with Crippen LogP contribution in [0.25, 0.3) is 0 Å². The molecule has 1 aromatic rings. The van der Waals surface area contributed by atoms with Crippen LogP contribution >= 0.6 is 0 Å². The van der Waals surface area contributed by atoms with Gasteiger partial charge in [-0.3, -0.25) is 9.59 Å². The van der Waals surface area contributed by atoms with E-state index in [1.54, 1.807) is 12.1 Å². The molecule has 7 heteroatoms. The van der Waals surface area contributed by atoms with Gasteiger partial charge in [-0.2, -0.15) is 0 Å². The molecule has 2 aliphatic rings. The number of rotatable bonds is 6. The Balaban J connectivity index is 1.46. The van der Waals surface area contributed by atoms with E-state index >= 15 is 0 Å². The molecule has 3 rings (SSSR count). The lowest BCUT2D eigenvalue weighted by molar-refractivity contribution is -0.135. The minimum absolute atomic E-state index is 0.0102. The van der Waals surface area contributed by atoms with Crippen LogP contribution in [0.3, 0.4) is 0 Å². The zero-order valence-corrected chi connectivity index (χ0v) is 14.6. The smallest absolute Gasteiger partial charge is 0.335 e. The molecule has 0 aliphatic carbocycles. The number of hydrogen-bond donors (Lipinski definition) is 2. The van der Waals surface area contributed by atoms with Crippen molar-refractivity contribution in [3.63, 3.8) is 0 Å². The van der Waals surface area contributed by atoms with Crippen molar-refractivity contribution in [2.24, 2.45) is 0 Å². The van der Waals surface area contributed by atoms with Crippen molar-refractivity contribution in [3.05, 3.63) is 35.4 Å². The average molecular weight is 360 g/mol. The first-order chi connectivity index (χ1) is 12.5. The van der Waals surface area contributed by atoms with E-state index < -0.39 is 12.0 Å². The van der Waals surface area contributed by atoms with Crippen LogP contribution in [0.2, 0.25) is 0 Å². The number of amides is 2. The fourth-order valence-corrected chi connectivity index (χ4v) is 3.53. The van der Waals surface area contributed by atoms with Gasteiger partial charge in [0.25, 0.3) is 0 Å². The highest BCUT2D eigenvalue weighted by Gasteiger charge is 2.37. The zero-order valence-electron chi connectivity index (χ0n) is 14.6. The Morgan fingerprint density at radius 2 is 1.85 bits per heavy atom. The summed E-state index contributed by atoms with van der Waals surface area (Å²) in [5.74, 6) is -1.11. The fraction of sp³-hybridized carbons (Fsp3) is 0.526. The predicted molar refractivity (Wildman–Crippen MR) is 93.8 cm³/mol. The number of nitrogens with one attached hydrogen (secondary N) is 1. The van der Waals surface area contributed by atoms with Gasteiger partial charge in [0.1, 0.15) is 6.04 Å². The third-order valence-electron chi connectivity index (χ3n) is 5.05. The number of aromatic carboxylic acids is 1. The van der Waals surface area contributed by atoms with Crippen LogP contribution in [0.5, 0.6) is 0 Å². The first-order valence-electron chi connectivity index (χ1n) is 9.04. The molecule has 2 amide bonds. The quantitative estimate of drug-likeness (QED) is 0.795. The molecule has 0 aromatic heterocycles. The van der Waals surface area contributed by atoms with Crippen LogP contribution in [0.15, 0.2) is 24.3 Å². The van der Waals surface area contributed by atoms with Gasteiger partial charge >= 0.3 is 5.97 Å². The van der Waals surface area contributed by atoms with Crippen LogP contribution in [-0.4, -0.2) is 59.6 Å². The molecule has 2 aliphatic heterocycles. The number of benzene rings is 1. The highest BCUT2D eigenvalue weighted by molar-refractivity contribution is 5.89. The number of nitrogens with zero attached hydrogens (tertiary/aromatic N) is 1. The Morgan fingerprint density at radius 3 is 2.50 bits per heavy atom. The highest BCUT2D eigenvalue weighted by atomic mass is 16.5. The molecule has 2 fully saturated rings. The normalized spacial score (nSPS) is 21.0. The van der Waals surface area contributed by atoms with Crippen molar-refractivity contribution in [3.8, 4) is 0 Å². The minimum atomic E-state index is -0.969. The van der Waals surface area contributed by atoms with Gasteiger partial charge < -0.3 is 20.1 Å². The number of aryl methyl sites for hydroxylation is 1. The summed E-state index contributed by atoms with van der Waals surface area (Å²) in [6.45, 7) is 2.06. The van der Waals surface area contributed by atoms with Crippen molar-refractivity contribution in [1.29, 1.82) is 0 Å². The van der Waals surface area contributed by atoms with E-state index in [2.05, 4.69) is 5.32 Å². The summed E-state index contributed by atoms with van der Waals surface area (Å²) in [5, 5.41) is 11.7. The molecule has 2 saturated heterocycles. The van der Waals surface area contributed by atoms with Gasteiger partial charge in [0.15, 0.2) is 0 Å². The molecule has 26 heavy (non-hydrogen) atoms. The maximum atomic E-state index is 12.5. The number of likely N-dealkylation sites (tertiary alicyclic amines) is 1. The molecule has 140 valence electrons. The van der Waals surface area contributed by atoms with E-state index in [-0.39, 0.29) is 29.8 Å². The number of carboxylic acids is 1. The van der Waals surface area contributed by atoms with Gasteiger partial charge in [0.05, 0.1) is 5.56 Å². The van der Waals surface area contributed by atoms with E-state index in [9.17, 15) is 14.4 Å². The summed E-state index contributed by atoms with van der Waals surface area (Å²) in [6.07, 6.45) is 3.15. The SMILES string of the molecule is O=C(CCc1ccc(C(=O)O)cc1)NC1CCN(C2CCOCC2)C1=O. The van der Waals surface area contributed by atoms with E-state index in [1.165, 1.54) is 12.1 Å². The number of carbonyl (C=O) groups is 3. The van der Waals surface area contributed by atoms with Crippen molar-refractivity contribution in [2.75, 3.05) is 19.8 Å². The maximum absolute atomic E-state index is 12.5. The largest absolute Gasteiger partial charge is 0.478 e. The molecule has 1 unspecified atom stereocenters. The topological polar surface area (TPSA) is 95.9 Å². The summed E-state index contributed by atoms with van der Waals surface area (Å²) in [6, 6.07) is 6.28. The predicted octanol–water partition coefficient (Wildman–Crippen LogP) is 1.21. The lowest BCUT2D eigenvalue weighted by atomic mass is 10.1. The number of hydrogen-bond acceptors (Lipinski definition) is 4. The molecule has 0 saturated carbocycles. The van der Waals surface area contributed by atoms with Gasteiger partial charge in [-0.1, -0.05) is 12.1 Å². The van der Waals surface area contributed by atoms with Crippen LogP contribution in [-0.2, 0) is 20.7 Å². The molecule has 7 nitrogen and oxygen atoms in total. The summed E-state index contributed by atoms with van der Waals surface area (Å²) < 4.78 is 5.34. The monoisotopic (exact) mass is 360 g/mol. The van der Waals surface area contributed by atoms with Crippen molar-refractivity contribution in [2.45, 2.75) is 44.2 Å². The Bertz CT molecular complexity index is 667. The van der Waals surface area contributed by atoms with E-state index in [0.717, 1.165) is 18.4 Å². The van der Waals surface area contributed by atoms with E-state index in [4.69, 9.17) is 9.84 Å². The molecule has 2 N–H and O–H groups in total. The van der Waals surface area contributed by atoms with Crippen LogP contribution in [0.1, 0.15) is 41.6 Å². The molecule has 0 bridgehead atoms. The molecule has 0 radical (unpaired) electrons. The fourth-order valence-electron chi connectivity index (χ4n) is 3.53. The second kappa shape index (κ2) is 8.31. The maximum Gasteiger partial charge on any atom is 0.335 e. The molecule has 1 atom stereocenters. The number of carboxylic acid groups (broad SMARTS) is 1. The van der Waals surface area contributed by atoms with Crippen LogP contribution < -0.4 is 5.32 Å². The highest BCUT2D eigenvalue weighted by Crippen LogP contribution is 2.21. The lowest BCUT2D eigenvalue weighted by Gasteiger charge is -2.31. The summed E-state index contributed by atoms with van der Waals surface area (Å²) >= 11 is 0. The second-order valence-electron chi connectivity index (χ2n) is 6.79. The third-order valence-corrected chi connectivity index (χ3v) is 5.05. The summed E-state index contributed by atoms with van der Waals surface area (Å²) in [4.78, 5) is 37.4. The molecule has 2 heterocycles. The number of carbonyl (C=O) groups excluding carboxylic acids is 2. The average Bonchev–Trinajstić information content (AvgIpc) is 3.01. The van der Waals surface area contributed by atoms with Gasteiger partial charge in [-0.05, 0) is 43.4 Å². The Labute approximate surface area is 152 Å². The summed E-state index contributed by atoms with van der Waals surface area (Å²) in [7, 11) is 0. The van der Waals surface area contributed by atoms with Crippen molar-refractivity contribution >= 4 is 17.8 Å².